The molecule has 2 N–H and O–H groups in total. The minimum absolute atomic E-state index is 0.0281. The van der Waals surface area contributed by atoms with Crippen molar-refractivity contribution in [2.75, 3.05) is 6.61 Å². The fraction of sp³-hybridized carbons (Fsp3) is 0.933. The average Bonchev–Trinajstić information content (AvgIpc) is 2.74. The Morgan fingerprint density at radius 3 is 2.25 bits per heavy atom. The van der Waals surface area contributed by atoms with Crippen LogP contribution in [0.4, 0.5) is 0 Å². The number of fused-ring (bicyclic) bond motifs is 7. The van der Waals surface area contributed by atoms with Gasteiger partial charge in [-0.25, -0.2) is 0 Å². The smallest absolute Gasteiger partial charge is 0.0594 e. The third kappa shape index (κ3) is 2.66. The third-order valence-corrected chi connectivity index (χ3v) is 13.6. The maximum absolute atomic E-state index is 10.9. The molecule has 5 rings (SSSR count). The van der Waals surface area contributed by atoms with Crippen molar-refractivity contribution in [3.05, 3.63) is 12.2 Å². The van der Waals surface area contributed by atoms with E-state index in [4.69, 9.17) is 0 Å². The van der Waals surface area contributed by atoms with Crippen molar-refractivity contribution in [2.45, 2.75) is 112 Å². The van der Waals surface area contributed by atoms with Gasteiger partial charge < -0.3 is 10.2 Å². The van der Waals surface area contributed by atoms with Crippen molar-refractivity contribution in [3.63, 3.8) is 0 Å². The van der Waals surface area contributed by atoms with Crippen molar-refractivity contribution >= 4 is 0 Å². The van der Waals surface area contributed by atoms with Gasteiger partial charge in [0.2, 0.25) is 0 Å². The van der Waals surface area contributed by atoms with Crippen molar-refractivity contribution in [2.24, 2.45) is 56.7 Å². The van der Waals surface area contributed by atoms with Crippen LogP contribution in [0, 0.1) is 56.7 Å². The summed E-state index contributed by atoms with van der Waals surface area (Å²) in [5, 5.41) is 21.6. The number of rotatable bonds is 1. The van der Waals surface area contributed by atoms with Gasteiger partial charge >= 0.3 is 0 Å². The lowest BCUT2D eigenvalue weighted by Crippen LogP contribution is -2.67. The topological polar surface area (TPSA) is 40.5 Å². The molecule has 0 aliphatic heterocycles. The van der Waals surface area contributed by atoms with Gasteiger partial charge in [0.15, 0.2) is 0 Å². The molecule has 5 saturated carbocycles. The molecule has 5 aliphatic rings. The molecule has 0 spiro atoms. The van der Waals surface area contributed by atoms with Gasteiger partial charge in [-0.1, -0.05) is 53.7 Å². The minimum atomic E-state index is -0.147. The molecule has 0 aromatic rings. The van der Waals surface area contributed by atoms with Crippen LogP contribution in [0.1, 0.15) is 106 Å². The van der Waals surface area contributed by atoms with Gasteiger partial charge in [0.05, 0.1) is 6.10 Å². The van der Waals surface area contributed by atoms with E-state index >= 15 is 0 Å². The Kier molecular flexibility index (Phi) is 5.19. The molecule has 10 atom stereocenters. The zero-order chi connectivity index (χ0) is 23.3. The Labute approximate surface area is 197 Å². The van der Waals surface area contributed by atoms with Crippen LogP contribution in [0.3, 0.4) is 0 Å². The molecule has 5 aliphatic carbocycles. The summed E-state index contributed by atoms with van der Waals surface area (Å²) in [5.41, 5.74) is 2.65. The predicted octanol–water partition coefficient (Wildman–Crippen LogP) is 7.00. The molecular formula is C30H50O2. The summed E-state index contributed by atoms with van der Waals surface area (Å²) in [7, 11) is 0. The summed E-state index contributed by atoms with van der Waals surface area (Å²) < 4.78 is 0. The second kappa shape index (κ2) is 7.09. The predicted molar refractivity (Wildman–Crippen MR) is 132 cm³/mol. The van der Waals surface area contributed by atoms with E-state index in [9.17, 15) is 10.2 Å². The average molecular weight is 443 g/mol. The van der Waals surface area contributed by atoms with Crippen LogP contribution in [0.2, 0.25) is 0 Å². The molecule has 0 bridgehead atoms. The molecule has 5 fully saturated rings. The van der Waals surface area contributed by atoms with Gasteiger partial charge in [-0.05, 0) is 121 Å². The van der Waals surface area contributed by atoms with Gasteiger partial charge in [-0.2, -0.15) is 0 Å². The SMILES string of the molecule is C=C1CC[C@]2(CO)CC[C@]3(C)[C@H](CC[C@@H]4[C@@]5(C)CC[C@H](O)C(C)(C)[C@@H]5CC[C@]43C)[C@H]2[C@@H]1C. The molecule has 0 radical (unpaired) electrons. The van der Waals surface area contributed by atoms with Gasteiger partial charge in [0.25, 0.3) is 0 Å². The van der Waals surface area contributed by atoms with Gasteiger partial charge in [0.1, 0.15) is 0 Å². The fourth-order valence-corrected chi connectivity index (χ4v) is 11.4. The molecule has 182 valence electrons. The van der Waals surface area contributed by atoms with Gasteiger partial charge in [0, 0.05) is 6.61 Å². The van der Waals surface area contributed by atoms with Crippen LogP contribution in [-0.4, -0.2) is 22.9 Å². The van der Waals surface area contributed by atoms with Crippen LogP contribution < -0.4 is 0 Å². The zero-order valence-electron chi connectivity index (χ0n) is 21.8. The lowest BCUT2D eigenvalue weighted by atomic mass is 9.31. The first-order valence-corrected chi connectivity index (χ1v) is 13.8. The van der Waals surface area contributed by atoms with Crippen LogP contribution in [-0.2, 0) is 0 Å². The van der Waals surface area contributed by atoms with Crippen LogP contribution in [0.5, 0.6) is 0 Å². The Morgan fingerprint density at radius 1 is 0.844 bits per heavy atom. The summed E-state index contributed by atoms with van der Waals surface area (Å²) in [5.74, 6) is 3.23. The molecule has 32 heavy (non-hydrogen) atoms. The Hall–Kier alpha value is -0.340. The lowest BCUT2D eigenvalue weighted by Gasteiger charge is -2.73. The molecule has 2 nitrogen and oxygen atoms in total. The van der Waals surface area contributed by atoms with Crippen molar-refractivity contribution < 1.29 is 10.2 Å². The van der Waals surface area contributed by atoms with E-state index in [-0.39, 0.29) is 16.9 Å². The standard InChI is InChI=1S/C30H50O2/c1-19-10-15-30(18-31)17-16-28(6)21(25(30)20(19)2)8-9-23-27(5)13-12-24(32)26(3,4)22(27)11-14-29(23,28)7/h20-25,31-32H,1,8-18H2,2-7H3/t20-,21-,22+,23-,24+,25-,27+,28-,29-,30-/m1/s1. The van der Waals surface area contributed by atoms with Crippen LogP contribution >= 0.6 is 0 Å². The number of allylic oxidation sites excluding steroid dienone is 1. The first-order chi connectivity index (χ1) is 14.9. The quantitative estimate of drug-likeness (QED) is 0.429. The highest BCUT2D eigenvalue weighted by Gasteiger charge is 2.70. The second-order valence-electron chi connectivity index (χ2n) is 14.5. The largest absolute Gasteiger partial charge is 0.396 e. The van der Waals surface area contributed by atoms with E-state index in [1.165, 1.54) is 50.5 Å². The maximum Gasteiger partial charge on any atom is 0.0594 e. The maximum atomic E-state index is 10.9. The number of hydrogen-bond donors (Lipinski definition) is 2. The van der Waals surface area contributed by atoms with Crippen LogP contribution in [0.25, 0.3) is 0 Å². The lowest BCUT2D eigenvalue weighted by molar-refractivity contribution is -0.255. The normalized spacial score (nSPS) is 57.1. The molecule has 0 aromatic carbocycles. The highest BCUT2D eigenvalue weighted by Crippen LogP contribution is 2.76. The van der Waals surface area contributed by atoms with Crippen molar-refractivity contribution in [1.29, 1.82) is 0 Å². The van der Waals surface area contributed by atoms with E-state index < -0.39 is 0 Å². The second-order valence-corrected chi connectivity index (χ2v) is 14.5. The van der Waals surface area contributed by atoms with E-state index in [0.29, 0.717) is 46.5 Å². The highest BCUT2D eigenvalue weighted by molar-refractivity contribution is 5.21. The van der Waals surface area contributed by atoms with E-state index in [2.05, 4.69) is 48.1 Å². The molecule has 0 unspecified atom stereocenters. The Morgan fingerprint density at radius 2 is 1.56 bits per heavy atom. The Bertz CT molecular complexity index is 786. The third-order valence-electron chi connectivity index (χ3n) is 13.6. The summed E-state index contributed by atoms with van der Waals surface area (Å²) in [6, 6.07) is 0. The highest BCUT2D eigenvalue weighted by atomic mass is 16.3. The first-order valence-electron chi connectivity index (χ1n) is 13.8. The molecule has 2 heteroatoms. The van der Waals surface area contributed by atoms with E-state index in [1.54, 1.807) is 0 Å². The molecule has 0 saturated heterocycles. The fourth-order valence-electron chi connectivity index (χ4n) is 11.4. The summed E-state index contributed by atoms with van der Waals surface area (Å²) in [4.78, 5) is 0. The molecule has 0 aromatic heterocycles. The summed E-state index contributed by atoms with van der Waals surface area (Å²) in [6.45, 7) is 20.0. The van der Waals surface area contributed by atoms with Crippen molar-refractivity contribution in [3.8, 4) is 0 Å². The van der Waals surface area contributed by atoms with Crippen LogP contribution in [0.15, 0.2) is 12.2 Å². The first kappa shape index (κ1) is 23.4. The van der Waals surface area contributed by atoms with E-state index in [1.807, 2.05) is 0 Å². The summed E-state index contributed by atoms with van der Waals surface area (Å²) in [6.07, 6.45) is 12.0. The zero-order valence-corrected chi connectivity index (χ0v) is 21.8. The number of aliphatic hydroxyl groups is 2. The molecule has 0 heterocycles. The van der Waals surface area contributed by atoms with Gasteiger partial charge in [-0.15, -0.1) is 0 Å². The summed E-state index contributed by atoms with van der Waals surface area (Å²) >= 11 is 0. The molecule has 0 amide bonds. The van der Waals surface area contributed by atoms with Gasteiger partial charge in [-0.3, -0.25) is 0 Å². The number of aliphatic hydroxyl groups excluding tert-OH is 2. The minimum Gasteiger partial charge on any atom is -0.396 e. The molecular weight excluding hydrogens is 392 g/mol. The monoisotopic (exact) mass is 442 g/mol. The van der Waals surface area contributed by atoms with E-state index in [0.717, 1.165) is 25.2 Å². The Balaban J connectivity index is 1.55. The van der Waals surface area contributed by atoms with Crippen molar-refractivity contribution in [1.82, 2.24) is 0 Å². The number of hydrogen-bond acceptors (Lipinski definition) is 2.